The lowest BCUT2D eigenvalue weighted by Gasteiger charge is -2.19. The molecular weight excluding hydrogens is 304 g/mol. The highest BCUT2D eigenvalue weighted by Gasteiger charge is 2.09. The van der Waals surface area contributed by atoms with Crippen molar-refractivity contribution in [3.05, 3.63) is 59.2 Å². The second kappa shape index (κ2) is 7.97. The first-order chi connectivity index (χ1) is 11.0. The molecule has 0 aliphatic heterocycles. The summed E-state index contributed by atoms with van der Waals surface area (Å²) in [5, 5.41) is 7.12. The first-order valence-electron chi connectivity index (χ1n) is 7.84. The maximum atomic E-state index is 5.43. The van der Waals surface area contributed by atoms with Gasteiger partial charge in [-0.3, -0.25) is 0 Å². The standard InChI is InChI=1S/C19H24N2OS/c1-5-15-7-9-16(10-8-15)14(3)20-19(23)21-17-12-13(2)6-11-18(17)22-4/h6-12,14H,5H2,1-4H3,(H2,20,21,23). The highest BCUT2D eigenvalue weighted by Crippen LogP contribution is 2.25. The zero-order valence-corrected chi connectivity index (χ0v) is 15.0. The SMILES string of the molecule is CCc1ccc(C(C)NC(=S)Nc2cc(C)ccc2OC)cc1. The van der Waals surface area contributed by atoms with Gasteiger partial charge < -0.3 is 15.4 Å². The molecule has 0 aliphatic rings. The quantitative estimate of drug-likeness (QED) is 0.785. The summed E-state index contributed by atoms with van der Waals surface area (Å²) >= 11 is 5.43. The molecule has 4 heteroatoms. The molecule has 2 N–H and O–H groups in total. The van der Waals surface area contributed by atoms with Crippen LogP contribution in [0.5, 0.6) is 5.75 Å². The number of hydrogen-bond acceptors (Lipinski definition) is 2. The molecule has 3 nitrogen and oxygen atoms in total. The van der Waals surface area contributed by atoms with Crippen LogP contribution in [-0.4, -0.2) is 12.2 Å². The number of aryl methyl sites for hydroxylation is 2. The van der Waals surface area contributed by atoms with Gasteiger partial charge in [-0.05, 0) is 61.3 Å². The maximum absolute atomic E-state index is 5.43. The van der Waals surface area contributed by atoms with E-state index in [0.29, 0.717) is 5.11 Å². The van der Waals surface area contributed by atoms with E-state index in [-0.39, 0.29) is 6.04 Å². The van der Waals surface area contributed by atoms with Crippen LogP contribution in [0.25, 0.3) is 0 Å². The Morgan fingerprint density at radius 1 is 1.17 bits per heavy atom. The van der Waals surface area contributed by atoms with Gasteiger partial charge in [-0.1, -0.05) is 37.3 Å². The average molecular weight is 328 g/mol. The first kappa shape index (κ1) is 17.3. The van der Waals surface area contributed by atoms with Gasteiger partial charge in [-0.15, -0.1) is 0 Å². The van der Waals surface area contributed by atoms with E-state index in [1.165, 1.54) is 11.1 Å². The van der Waals surface area contributed by atoms with E-state index in [2.05, 4.69) is 48.7 Å². The smallest absolute Gasteiger partial charge is 0.171 e. The molecule has 1 atom stereocenters. The van der Waals surface area contributed by atoms with Gasteiger partial charge in [-0.2, -0.15) is 0 Å². The third kappa shape index (κ3) is 4.70. The van der Waals surface area contributed by atoms with Gasteiger partial charge in [0.25, 0.3) is 0 Å². The van der Waals surface area contributed by atoms with Crippen LogP contribution in [-0.2, 0) is 6.42 Å². The Balaban J connectivity index is 2.02. The average Bonchev–Trinajstić information content (AvgIpc) is 2.55. The fraction of sp³-hybridized carbons (Fsp3) is 0.316. The largest absolute Gasteiger partial charge is 0.495 e. The van der Waals surface area contributed by atoms with Gasteiger partial charge >= 0.3 is 0 Å². The number of methoxy groups -OCH3 is 1. The van der Waals surface area contributed by atoms with Crippen LogP contribution >= 0.6 is 12.2 Å². The number of rotatable bonds is 5. The Kier molecular flexibility index (Phi) is 5.99. The van der Waals surface area contributed by atoms with Crippen molar-refractivity contribution in [3.63, 3.8) is 0 Å². The van der Waals surface area contributed by atoms with E-state index in [1.807, 2.05) is 25.1 Å². The van der Waals surface area contributed by atoms with Crippen LogP contribution in [0.15, 0.2) is 42.5 Å². The van der Waals surface area contributed by atoms with Crippen LogP contribution in [0, 0.1) is 6.92 Å². The van der Waals surface area contributed by atoms with Crippen molar-refractivity contribution in [1.82, 2.24) is 5.32 Å². The molecule has 2 rings (SSSR count). The van der Waals surface area contributed by atoms with Gasteiger partial charge in [0.1, 0.15) is 5.75 Å². The number of benzene rings is 2. The number of ether oxygens (including phenoxy) is 1. The second-order valence-corrected chi connectivity index (χ2v) is 6.03. The molecule has 0 bridgehead atoms. The summed E-state index contributed by atoms with van der Waals surface area (Å²) in [7, 11) is 1.66. The summed E-state index contributed by atoms with van der Waals surface area (Å²) in [6.07, 6.45) is 1.05. The van der Waals surface area contributed by atoms with E-state index in [1.54, 1.807) is 7.11 Å². The fourth-order valence-corrected chi connectivity index (χ4v) is 2.69. The minimum Gasteiger partial charge on any atom is -0.495 e. The number of nitrogens with one attached hydrogen (secondary N) is 2. The molecule has 0 spiro atoms. The molecular formula is C19H24N2OS. The summed E-state index contributed by atoms with van der Waals surface area (Å²) in [5.41, 5.74) is 4.58. The third-order valence-corrected chi connectivity index (χ3v) is 4.06. The van der Waals surface area contributed by atoms with Crippen LogP contribution in [0.1, 0.15) is 36.6 Å². The minimum absolute atomic E-state index is 0.136. The number of hydrogen-bond donors (Lipinski definition) is 2. The monoisotopic (exact) mass is 328 g/mol. The van der Waals surface area contributed by atoms with E-state index >= 15 is 0 Å². The Labute approximate surface area is 144 Å². The second-order valence-electron chi connectivity index (χ2n) is 5.62. The number of thiocarbonyl (C=S) groups is 1. The predicted octanol–water partition coefficient (Wildman–Crippen LogP) is 4.61. The molecule has 0 saturated carbocycles. The zero-order chi connectivity index (χ0) is 16.8. The molecule has 0 heterocycles. The van der Waals surface area contributed by atoms with Crippen molar-refractivity contribution in [2.45, 2.75) is 33.2 Å². The van der Waals surface area contributed by atoms with Crippen LogP contribution in [0.2, 0.25) is 0 Å². The third-order valence-electron chi connectivity index (χ3n) is 3.84. The Morgan fingerprint density at radius 2 is 1.87 bits per heavy atom. The Morgan fingerprint density at radius 3 is 2.48 bits per heavy atom. The summed E-state index contributed by atoms with van der Waals surface area (Å²) in [6, 6.07) is 14.7. The van der Waals surface area contributed by atoms with Gasteiger partial charge in [0.05, 0.1) is 18.8 Å². The van der Waals surface area contributed by atoms with Crippen LogP contribution < -0.4 is 15.4 Å². The van der Waals surface area contributed by atoms with Crippen molar-refractivity contribution in [3.8, 4) is 5.75 Å². The summed E-state index contributed by atoms with van der Waals surface area (Å²) in [5.74, 6) is 0.778. The molecule has 0 saturated heterocycles. The summed E-state index contributed by atoms with van der Waals surface area (Å²) < 4.78 is 5.37. The molecule has 23 heavy (non-hydrogen) atoms. The van der Waals surface area contributed by atoms with E-state index in [4.69, 9.17) is 17.0 Å². The molecule has 1 unspecified atom stereocenters. The first-order valence-corrected chi connectivity index (χ1v) is 8.25. The lowest BCUT2D eigenvalue weighted by molar-refractivity contribution is 0.417. The normalized spacial score (nSPS) is 11.7. The summed E-state index contributed by atoms with van der Waals surface area (Å²) in [4.78, 5) is 0. The van der Waals surface area contributed by atoms with Gasteiger partial charge in [0, 0.05) is 0 Å². The molecule has 0 aromatic heterocycles. The lowest BCUT2D eigenvalue weighted by Crippen LogP contribution is -2.31. The lowest BCUT2D eigenvalue weighted by atomic mass is 10.1. The Hall–Kier alpha value is -2.07. The number of anilines is 1. The van der Waals surface area contributed by atoms with Gasteiger partial charge in [0.2, 0.25) is 0 Å². The van der Waals surface area contributed by atoms with Crippen molar-refractivity contribution >= 4 is 23.0 Å². The molecule has 0 amide bonds. The van der Waals surface area contributed by atoms with Gasteiger partial charge in [0.15, 0.2) is 5.11 Å². The molecule has 0 aliphatic carbocycles. The molecule has 0 radical (unpaired) electrons. The topological polar surface area (TPSA) is 33.3 Å². The molecule has 0 fully saturated rings. The Bertz CT molecular complexity index is 668. The fourth-order valence-electron chi connectivity index (χ4n) is 2.40. The van der Waals surface area contributed by atoms with E-state index in [0.717, 1.165) is 23.4 Å². The van der Waals surface area contributed by atoms with Crippen LogP contribution in [0.4, 0.5) is 5.69 Å². The molecule has 122 valence electrons. The van der Waals surface area contributed by atoms with E-state index < -0.39 is 0 Å². The highest BCUT2D eigenvalue weighted by molar-refractivity contribution is 7.80. The van der Waals surface area contributed by atoms with Crippen molar-refractivity contribution < 1.29 is 4.74 Å². The highest BCUT2D eigenvalue weighted by atomic mass is 32.1. The van der Waals surface area contributed by atoms with Gasteiger partial charge in [-0.25, -0.2) is 0 Å². The summed E-state index contributed by atoms with van der Waals surface area (Å²) in [6.45, 7) is 6.30. The van der Waals surface area contributed by atoms with Crippen molar-refractivity contribution in [1.29, 1.82) is 0 Å². The van der Waals surface area contributed by atoms with Crippen LogP contribution in [0.3, 0.4) is 0 Å². The zero-order valence-electron chi connectivity index (χ0n) is 14.1. The van der Waals surface area contributed by atoms with E-state index in [9.17, 15) is 0 Å². The molecule has 2 aromatic carbocycles. The predicted molar refractivity (Wildman–Crippen MR) is 101 cm³/mol. The minimum atomic E-state index is 0.136. The van der Waals surface area contributed by atoms with Crippen molar-refractivity contribution in [2.24, 2.45) is 0 Å². The van der Waals surface area contributed by atoms with Crippen molar-refractivity contribution in [2.75, 3.05) is 12.4 Å². The molecule has 2 aromatic rings. The maximum Gasteiger partial charge on any atom is 0.171 e.